The van der Waals surface area contributed by atoms with E-state index in [2.05, 4.69) is 44.3 Å². The lowest BCUT2D eigenvalue weighted by atomic mass is 9.81. The zero-order valence-electron chi connectivity index (χ0n) is 14.5. The lowest BCUT2D eigenvalue weighted by molar-refractivity contribution is 0.272. The molecule has 1 aliphatic carbocycles. The van der Waals surface area contributed by atoms with Crippen molar-refractivity contribution in [3.8, 4) is 0 Å². The quantitative estimate of drug-likeness (QED) is 0.462. The van der Waals surface area contributed by atoms with Gasteiger partial charge in [0.25, 0.3) is 0 Å². The Morgan fingerprint density at radius 3 is 2.14 bits per heavy atom. The van der Waals surface area contributed by atoms with Crippen molar-refractivity contribution in [3.63, 3.8) is 0 Å². The van der Waals surface area contributed by atoms with Crippen LogP contribution in [0.5, 0.6) is 0 Å². The zero-order chi connectivity index (χ0) is 15.1. The molecule has 1 saturated carbocycles. The minimum absolute atomic E-state index is 0.625. The molecule has 0 amide bonds. The summed E-state index contributed by atoms with van der Waals surface area (Å²) in [5.74, 6) is 4.92. The Bertz CT molecular complexity index is 273. The molecule has 0 unspecified atom stereocenters. The van der Waals surface area contributed by atoms with Crippen LogP contribution in [-0.2, 0) is 0 Å². The number of hydrogen-bond donors (Lipinski definition) is 0. The van der Waals surface area contributed by atoms with Crippen LogP contribution in [0.2, 0.25) is 0 Å². The van der Waals surface area contributed by atoms with Gasteiger partial charge in [-0.05, 0) is 36.5 Å². The molecule has 0 atom stereocenters. The van der Waals surface area contributed by atoms with Crippen LogP contribution in [0, 0.1) is 17.3 Å². The molecule has 1 saturated heterocycles. The standard InChI is InChI=1S/C19H36S2/c1-4-6-7-13-19(3)14-20-18(21-15-19)17-11-9-16(8-5-2)10-12-17/h16-18H,4-15H2,1-3H3/t16?,17?,18-,19-. The van der Waals surface area contributed by atoms with Gasteiger partial charge in [0.15, 0.2) is 0 Å². The maximum atomic E-state index is 2.54. The van der Waals surface area contributed by atoms with E-state index in [0.717, 1.165) is 16.4 Å². The van der Waals surface area contributed by atoms with Crippen molar-refractivity contribution >= 4 is 23.5 Å². The van der Waals surface area contributed by atoms with Crippen LogP contribution >= 0.6 is 23.5 Å². The summed E-state index contributed by atoms with van der Waals surface area (Å²) in [7, 11) is 0. The third kappa shape index (κ3) is 5.68. The maximum absolute atomic E-state index is 2.54. The van der Waals surface area contributed by atoms with Crippen LogP contribution in [-0.4, -0.2) is 16.1 Å². The summed E-state index contributed by atoms with van der Waals surface area (Å²) < 4.78 is 0.923. The molecule has 0 bridgehead atoms. The molecule has 2 rings (SSSR count). The highest BCUT2D eigenvalue weighted by atomic mass is 32.2. The van der Waals surface area contributed by atoms with Gasteiger partial charge < -0.3 is 0 Å². The Balaban J connectivity index is 1.69. The van der Waals surface area contributed by atoms with Crippen molar-refractivity contribution in [2.45, 2.75) is 89.6 Å². The van der Waals surface area contributed by atoms with Gasteiger partial charge in [0, 0.05) is 11.5 Å². The van der Waals surface area contributed by atoms with E-state index in [1.165, 1.54) is 75.7 Å². The summed E-state index contributed by atoms with van der Waals surface area (Å²) in [4.78, 5) is 0. The minimum atomic E-state index is 0.625. The number of unbranched alkanes of at least 4 members (excludes halogenated alkanes) is 2. The minimum Gasteiger partial charge on any atom is -0.147 e. The van der Waals surface area contributed by atoms with E-state index in [1.54, 1.807) is 0 Å². The summed E-state index contributed by atoms with van der Waals surface area (Å²) in [5.41, 5.74) is 0.625. The molecular formula is C19H36S2. The molecule has 21 heavy (non-hydrogen) atoms. The van der Waals surface area contributed by atoms with Crippen molar-refractivity contribution in [2.24, 2.45) is 17.3 Å². The third-order valence-electron chi connectivity index (χ3n) is 5.55. The van der Waals surface area contributed by atoms with Gasteiger partial charge in [-0.15, -0.1) is 23.5 Å². The topological polar surface area (TPSA) is 0 Å². The van der Waals surface area contributed by atoms with Crippen molar-refractivity contribution in [2.75, 3.05) is 11.5 Å². The van der Waals surface area contributed by atoms with Gasteiger partial charge in [-0.2, -0.15) is 0 Å². The second-order valence-electron chi connectivity index (χ2n) is 7.83. The Morgan fingerprint density at radius 2 is 1.57 bits per heavy atom. The lowest BCUT2D eigenvalue weighted by Crippen LogP contribution is -2.33. The van der Waals surface area contributed by atoms with Gasteiger partial charge in [0.1, 0.15) is 0 Å². The predicted octanol–water partition coefficient (Wildman–Crippen LogP) is 6.99. The average Bonchev–Trinajstić information content (AvgIpc) is 2.50. The molecule has 124 valence electrons. The Labute approximate surface area is 142 Å². The van der Waals surface area contributed by atoms with Gasteiger partial charge in [-0.1, -0.05) is 65.7 Å². The van der Waals surface area contributed by atoms with Crippen molar-refractivity contribution in [1.82, 2.24) is 0 Å². The van der Waals surface area contributed by atoms with Crippen LogP contribution < -0.4 is 0 Å². The normalized spacial score (nSPS) is 37.6. The molecule has 1 aliphatic heterocycles. The first-order valence-electron chi connectivity index (χ1n) is 9.40. The summed E-state index contributed by atoms with van der Waals surface area (Å²) >= 11 is 4.62. The van der Waals surface area contributed by atoms with Crippen LogP contribution in [0.25, 0.3) is 0 Å². The fraction of sp³-hybridized carbons (Fsp3) is 1.00. The van der Waals surface area contributed by atoms with E-state index in [0.29, 0.717) is 5.41 Å². The van der Waals surface area contributed by atoms with Crippen molar-refractivity contribution in [1.29, 1.82) is 0 Å². The first-order valence-corrected chi connectivity index (χ1v) is 11.5. The van der Waals surface area contributed by atoms with Gasteiger partial charge in [-0.25, -0.2) is 0 Å². The highest BCUT2D eigenvalue weighted by molar-refractivity contribution is 8.17. The molecule has 0 nitrogen and oxygen atoms in total. The Kier molecular flexibility index (Phi) is 7.83. The molecule has 0 aromatic heterocycles. The van der Waals surface area contributed by atoms with E-state index in [1.807, 2.05) is 0 Å². The van der Waals surface area contributed by atoms with Crippen LogP contribution in [0.4, 0.5) is 0 Å². The SMILES string of the molecule is CCCCC[C@]1(C)CS[C@@H](C2CCC(CCC)CC2)SC1. The second-order valence-corrected chi connectivity index (χ2v) is 10.4. The summed E-state index contributed by atoms with van der Waals surface area (Å²) in [6, 6.07) is 0. The van der Waals surface area contributed by atoms with Crippen LogP contribution in [0.15, 0.2) is 0 Å². The van der Waals surface area contributed by atoms with Gasteiger partial charge >= 0.3 is 0 Å². The largest absolute Gasteiger partial charge is 0.147 e. The van der Waals surface area contributed by atoms with E-state index in [9.17, 15) is 0 Å². The van der Waals surface area contributed by atoms with E-state index >= 15 is 0 Å². The van der Waals surface area contributed by atoms with Crippen LogP contribution in [0.1, 0.15) is 85.0 Å². The first kappa shape index (κ1) is 18.0. The molecule has 0 N–H and O–H groups in total. The van der Waals surface area contributed by atoms with E-state index in [-0.39, 0.29) is 0 Å². The van der Waals surface area contributed by atoms with Gasteiger partial charge in [-0.3, -0.25) is 0 Å². The van der Waals surface area contributed by atoms with E-state index < -0.39 is 0 Å². The van der Waals surface area contributed by atoms with Crippen molar-refractivity contribution in [3.05, 3.63) is 0 Å². The number of hydrogen-bond acceptors (Lipinski definition) is 2. The number of rotatable bonds is 7. The Hall–Kier alpha value is 0.700. The fourth-order valence-electron chi connectivity index (χ4n) is 4.03. The molecule has 1 heterocycles. The fourth-order valence-corrected chi connectivity index (χ4v) is 7.67. The average molecular weight is 329 g/mol. The van der Waals surface area contributed by atoms with E-state index in [4.69, 9.17) is 0 Å². The molecular weight excluding hydrogens is 292 g/mol. The van der Waals surface area contributed by atoms with Crippen molar-refractivity contribution < 1.29 is 0 Å². The first-order chi connectivity index (χ1) is 10.2. The van der Waals surface area contributed by atoms with Gasteiger partial charge in [0.05, 0.1) is 4.58 Å². The molecule has 0 spiro atoms. The monoisotopic (exact) mass is 328 g/mol. The molecule has 2 fully saturated rings. The summed E-state index contributed by atoms with van der Waals surface area (Å²) in [6.07, 6.45) is 14.6. The van der Waals surface area contributed by atoms with Crippen LogP contribution in [0.3, 0.4) is 0 Å². The lowest BCUT2D eigenvalue weighted by Gasteiger charge is -2.41. The molecule has 0 radical (unpaired) electrons. The molecule has 2 heteroatoms. The zero-order valence-corrected chi connectivity index (χ0v) is 16.2. The summed E-state index contributed by atoms with van der Waals surface area (Å²) in [6.45, 7) is 7.20. The van der Waals surface area contributed by atoms with Gasteiger partial charge in [0.2, 0.25) is 0 Å². The highest BCUT2D eigenvalue weighted by Gasteiger charge is 2.36. The second kappa shape index (κ2) is 9.11. The molecule has 2 aliphatic rings. The molecule has 0 aromatic rings. The Morgan fingerprint density at radius 1 is 0.905 bits per heavy atom. The highest BCUT2D eigenvalue weighted by Crippen LogP contribution is 2.49. The molecule has 0 aromatic carbocycles. The number of thioether (sulfide) groups is 2. The maximum Gasteiger partial charge on any atom is 0.0531 e. The third-order valence-corrected chi connectivity index (χ3v) is 9.52. The summed E-state index contributed by atoms with van der Waals surface area (Å²) in [5, 5.41) is 0. The smallest absolute Gasteiger partial charge is 0.0531 e. The predicted molar refractivity (Wildman–Crippen MR) is 101 cm³/mol.